The van der Waals surface area contributed by atoms with Crippen molar-refractivity contribution < 1.29 is 18.0 Å². The summed E-state index contributed by atoms with van der Waals surface area (Å²) in [5.74, 6) is -1.77. The fourth-order valence-corrected chi connectivity index (χ4v) is 0.963. The molecule has 1 aromatic rings. The predicted octanol–water partition coefficient (Wildman–Crippen LogP) is 2.06. The Labute approximate surface area is 78.8 Å². The summed E-state index contributed by atoms with van der Waals surface area (Å²) in [7, 11) is 0. The van der Waals surface area contributed by atoms with E-state index in [1.807, 2.05) is 0 Å². The number of aryl methyl sites for hydroxylation is 1. The van der Waals surface area contributed by atoms with Gasteiger partial charge in [0.15, 0.2) is 0 Å². The lowest BCUT2D eigenvalue weighted by Gasteiger charge is -2.04. The van der Waals surface area contributed by atoms with Gasteiger partial charge in [0.05, 0.1) is 6.42 Å². The van der Waals surface area contributed by atoms with Crippen LogP contribution in [0.25, 0.3) is 0 Å². The highest BCUT2D eigenvalue weighted by Gasteiger charge is 2.37. The van der Waals surface area contributed by atoms with E-state index in [1.54, 1.807) is 19.1 Å². The van der Waals surface area contributed by atoms with E-state index in [0.717, 1.165) is 0 Å². The van der Waals surface area contributed by atoms with Crippen LogP contribution < -0.4 is 0 Å². The number of halogens is 3. The van der Waals surface area contributed by atoms with Crippen LogP contribution in [0, 0.1) is 6.92 Å². The summed E-state index contributed by atoms with van der Waals surface area (Å²) in [6.45, 7) is 1.65. The molecule has 0 radical (unpaired) electrons. The lowest BCUT2D eigenvalue weighted by molar-refractivity contribution is -0.170. The SMILES string of the molecule is Cc1cccc(CC(=O)C(F)(F)F)n1. The maximum Gasteiger partial charge on any atom is 0.450 e. The lowest BCUT2D eigenvalue weighted by Crippen LogP contribution is -2.24. The molecule has 0 amide bonds. The molecular weight excluding hydrogens is 195 g/mol. The third-order valence-electron chi connectivity index (χ3n) is 1.60. The first kappa shape index (κ1) is 10.7. The van der Waals surface area contributed by atoms with Crippen LogP contribution in [0.15, 0.2) is 18.2 Å². The van der Waals surface area contributed by atoms with E-state index in [-0.39, 0.29) is 5.69 Å². The Morgan fingerprint density at radius 3 is 2.57 bits per heavy atom. The van der Waals surface area contributed by atoms with E-state index in [4.69, 9.17) is 0 Å². The second-order valence-corrected chi connectivity index (χ2v) is 2.87. The van der Waals surface area contributed by atoms with Gasteiger partial charge in [0, 0.05) is 11.4 Å². The van der Waals surface area contributed by atoms with Crippen LogP contribution in [0.4, 0.5) is 13.2 Å². The molecule has 0 spiro atoms. The van der Waals surface area contributed by atoms with Gasteiger partial charge in [0.1, 0.15) is 0 Å². The highest BCUT2D eigenvalue weighted by molar-refractivity contribution is 5.85. The van der Waals surface area contributed by atoms with E-state index >= 15 is 0 Å². The minimum Gasteiger partial charge on any atom is -0.289 e. The van der Waals surface area contributed by atoms with Crippen molar-refractivity contribution in [3.8, 4) is 0 Å². The maximum absolute atomic E-state index is 11.9. The maximum atomic E-state index is 11.9. The summed E-state index contributed by atoms with van der Waals surface area (Å²) in [5.41, 5.74) is 0.741. The number of nitrogens with zero attached hydrogens (tertiary/aromatic N) is 1. The van der Waals surface area contributed by atoms with Crippen molar-refractivity contribution in [3.63, 3.8) is 0 Å². The second-order valence-electron chi connectivity index (χ2n) is 2.87. The number of aromatic nitrogens is 1. The molecule has 0 atom stereocenters. The number of alkyl halides is 3. The van der Waals surface area contributed by atoms with Gasteiger partial charge in [-0.25, -0.2) is 0 Å². The Hall–Kier alpha value is -1.39. The zero-order valence-corrected chi connectivity index (χ0v) is 7.43. The number of rotatable bonds is 2. The Balaban J connectivity index is 2.75. The summed E-state index contributed by atoms with van der Waals surface area (Å²) < 4.78 is 35.6. The number of carbonyl (C=O) groups is 1. The lowest BCUT2D eigenvalue weighted by atomic mass is 10.2. The molecule has 0 saturated carbocycles. The van der Waals surface area contributed by atoms with Gasteiger partial charge in [-0.1, -0.05) is 6.07 Å². The van der Waals surface area contributed by atoms with Crippen LogP contribution in [0.1, 0.15) is 11.4 Å². The van der Waals surface area contributed by atoms with E-state index in [1.165, 1.54) is 6.07 Å². The molecule has 0 fully saturated rings. The monoisotopic (exact) mass is 203 g/mol. The van der Waals surface area contributed by atoms with Crippen LogP contribution in [0.5, 0.6) is 0 Å². The van der Waals surface area contributed by atoms with Crippen LogP contribution >= 0.6 is 0 Å². The van der Waals surface area contributed by atoms with Gasteiger partial charge in [0.25, 0.3) is 0 Å². The van der Waals surface area contributed by atoms with Crippen molar-refractivity contribution in [1.29, 1.82) is 0 Å². The number of pyridine rings is 1. The first-order valence-corrected chi connectivity index (χ1v) is 3.92. The van der Waals surface area contributed by atoms with Crippen molar-refractivity contribution >= 4 is 5.78 Å². The Morgan fingerprint density at radius 1 is 1.43 bits per heavy atom. The number of hydrogen-bond acceptors (Lipinski definition) is 2. The predicted molar refractivity (Wildman–Crippen MR) is 43.7 cm³/mol. The van der Waals surface area contributed by atoms with Gasteiger partial charge in [-0.05, 0) is 19.1 Å². The molecule has 0 aromatic carbocycles. The molecule has 2 nitrogen and oxygen atoms in total. The normalized spacial score (nSPS) is 11.4. The minimum atomic E-state index is -4.77. The summed E-state index contributed by atoms with van der Waals surface area (Å²) in [6.07, 6.45) is -5.46. The average molecular weight is 203 g/mol. The molecule has 0 unspecified atom stereocenters. The second kappa shape index (κ2) is 3.77. The van der Waals surface area contributed by atoms with Crippen LogP contribution in [-0.4, -0.2) is 16.9 Å². The minimum absolute atomic E-state index is 0.146. The van der Waals surface area contributed by atoms with E-state index in [0.29, 0.717) is 5.69 Å². The van der Waals surface area contributed by atoms with Crippen LogP contribution in [-0.2, 0) is 11.2 Å². The number of carbonyl (C=O) groups excluding carboxylic acids is 1. The zero-order valence-electron chi connectivity index (χ0n) is 7.43. The highest BCUT2D eigenvalue weighted by atomic mass is 19.4. The molecule has 76 valence electrons. The molecular formula is C9H8F3NO. The number of ketones is 1. The Bertz CT molecular complexity index is 346. The number of hydrogen-bond donors (Lipinski definition) is 0. The third kappa shape index (κ3) is 2.83. The summed E-state index contributed by atoms with van der Waals surface area (Å²) in [5, 5.41) is 0. The van der Waals surface area contributed by atoms with Gasteiger partial charge >= 0.3 is 6.18 Å². The fourth-order valence-electron chi connectivity index (χ4n) is 0.963. The molecule has 0 aliphatic carbocycles. The van der Waals surface area contributed by atoms with Crippen molar-refractivity contribution in [2.75, 3.05) is 0 Å². The molecule has 0 N–H and O–H groups in total. The molecule has 0 bridgehead atoms. The van der Waals surface area contributed by atoms with Crippen molar-refractivity contribution in [2.24, 2.45) is 0 Å². The Morgan fingerprint density at radius 2 is 2.07 bits per heavy atom. The van der Waals surface area contributed by atoms with Gasteiger partial charge in [-0.2, -0.15) is 13.2 Å². The van der Waals surface area contributed by atoms with Crippen LogP contribution in [0.3, 0.4) is 0 Å². The summed E-state index contributed by atoms with van der Waals surface area (Å²) in [4.78, 5) is 14.4. The zero-order chi connectivity index (χ0) is 10.8. The average Bonchev–Trinajstić information content (AvgIpc) is 2.02. The molecule has 14 heavy (non-hydrogen) atoms. The summed E-state index contributed by atoms with van der Waals surface area (Å²) in [6, 6.07) is 4.62. The van der Waals surface area contributed by atoms with Gasteiger partial charge in [-0.3, -0.25) is 9.78 Å². The highest BCUT2D eigenvalue weighted by Crippen LogP contribution is 2.18. The number of Topliss-reactive ketones (excluding diaryl/α,β-unsaturated/α-hetero) is 1. The van der Waals surface area contributed by atoms with Gasteiger partial charge in [-0.15, -0.1) is 0 Å². The fraction of sp³-hybridized carbons (Fsp3) is 0.333. The molecule has 1 aromatic heterocycles. The van der Waals surface area contributed by atoms with Crippen molar-refractivity contribution in [1.82, 2.24) is 4.98 Å². The van der Waals surface area contributed by atoms with Crippen molar-refractivity contribution in [2.45, 2.75) is 19.5 Å². The van der Waals surface area contributed by atoms with Gasteiger partial charge in [0.2, 0.25) is 5.78 Å². The molecule has 0 aliphatic rings. The van der Waals surface area contributed by atoms with Crippen LogP contribution in [0.2, 0.25) is 0 Å². The topological polar surface area (TPSA) is 30.0 Å². The van der Waals surface area contributed by atoms with Crippen molar-refractivity contribution in [3.05, 3.63) is 29.6 Å². The first-order chi connectivity index (χ1) is 6.39. The molecule has 0 aliphatic heterocycles. The molecule has 1 rings (SSSR count). The standard InChI is InChI=1S/C9H8F3NO/c1-6-3-2-4-7(13-6)5-8(14)9(10,11)12/h2-4H,5H2,1H3. The molecule has 1 heterocycles. The first-order valence-electron chi connectivity index (χ1n) is 3.92. The van der Waals surface area contributed by atoms with Gasteiger partial charge < -0.3 is 0 Å². The molecule has 5 heteroatoms. The third-order valence-corrected chi connectivity index (χ3v) is 1.60. The van der Waals surface area contributed by atoms with E-state index in [2.05, 4.69) is 4.98 Å². The smallest absolute Gasteiger partial charge is 0.289 e. The summed E-state index contributed by atoms with van der Waals surface area (Å²) >= 11 is 0. The van der Waals surface area contributed by atoms with E-state index in [9.17, 15) is 18.0 Å². The van der Waals surface area contributed by atoms with E-state index < -0.39 is 18.4 Å². The quantitative estimate of drug-likeness (QED) is 0.736. The Kier molecular flexibility index (Phi) is 2.88. The largest absolute Gasteiger partial charge is 0.450 e. The molecule has 0 saturated heterocycles.